The van der Waals surface area contributed by atoms with Crippen molar-refractivity contribution in [3.8, 4) is 0 Å². The maximum atomic E-state index is 6.35. The first-order chi connectivity index (χ1) is 13.0. The van der Waals surface area contributed by atoms with Crippen molar-refractivity contribution >= 4 is 46.7 Å². The Kier molecular flexibility index (Phi) is 6.84. The van der Waals surface area contributed by atoms with E-state index in [1.54, 1.807) is 0 Å². The van der Waals surface area contributed by atoms with Crippen molar-refractivity contribution in [3.05, 3.63) is 87.9 Å². The molecule has 0 heterocycles. The van der Waals surface area contributed by atoms with Gasteiger partial charge in [-0.1, -0.05) is 65.7 Å². The minimum absolute atomic E-state index is 0.223. The molecule has 3 rings (SSSR count). The van der Waals surface area contributed by atoms with Gasteiger partial charge < -0.3 is 9.97 Å². The van der Waals surface area contributed by atoms with E-state index < -0.39 is 0 Å². The van der Waals surface area contributed by atoms with Gasteiger partial charge in [-0.3, -0.25) is 0 Å². The molecule has 0 saturated carbocycles. The lowest BCUT2D eigenvalue weighted by molar-refractivity contribution is 0.350. The first-order valence-electron chi connectivity index (χ1n) is 8.97. The normalized spacial score (nSPS) is 10.7. The Balaban J connectivity index is 1.76. The number of nitrogens with one attached hydrogen (secondary N) is 1. The quantitative estimate of drug-likeness (QED) is 0.454. The van der Waals surface area contributed by atoms with E-state index in [4.69, 9.17) is 27.9 Å². The van der Waals surface area contributed by atoms with Crippen LogP contribution in [0.1, 0.15) is 11.1 Å². The van der Waals surface area contributed by atoms with Gasteiger partial charge in [0.25, 0.3) is 0 Å². The van der Waals surface area contributed by atoms with Gasteiger partial charge in [0, 0.05) is 28.9 Å². The molecule has 138 valence electrons. The van der Waals surface area contributed by atoms with Crippen LogP contribution in [-0.2, 0) is 4.65 Å². The summed E-state index contributed by atoms with van der Waals surface area (Å²) in [6.45, 7) is 5.03. The van der Waals surface area contributed by atoms with Gasteiger partial charge in [-0.25, -0.2) is 0 Å². The van der Waals surface area contributed by atoms with Crippen molar-refractivity contribution in [3.63, 3.8) is 0 Å². The molecule has 5 heteroatoms. The van der Waals surface area contributed by atoms with Crippen molar-refractivity contribution in [2.24, 2.45) is 0 Å². The second kappa shape index (κ2) is 9.32. The maximum Gasteiger partial charge on any atom is 0.361 e. The average molecular weight is 398 g/mol. The number of hydrogen-bond acceptors (Lipinski definition) is 2. The van der Waals surface area contributed by atoms with E-state index in [1.807, 2.05) is 68.4 Å². The number of halogens is 2. The van der Waals surface area contributed by atoms with Gasteiger partial charge in [0.2, 0.25) is 0 Å². The first-order valence-corrected chi connectivity index (χ1v) is 9.73. The minimum Gasteiger partial charge on any atom is -0.425 e. The van der Waals surface area contributed by atoms with Gasteiger partial charge in [0.1, 0.15) is 0 Å². The molecule has 0 unspecified atom stereocenters. The number of hydrogen-bond donors (Lipinski definition) is 1. The molecule has 0 bridgehead atoms. The van der Waals surface area contributed by atoms with Crippen molar-refractivity contribution in [2.75, 3.05) is 18.5 Å². The second-order valence-electron chi connectivity index (χ2n) is 6.56. The smallest absolute Gasteiger partial charge is 0.361 e. The molecule has 0 radical (unpaired) electrons. The third kappa shape index (κ3) is 5.29. The zero-order chi connectivity index (χ0) is 19.2. The molecule has 0 atom stereocenters. The van der Waals surface area contributed by atoms with Crippen molar-refractivity contribution in [2.45, 2.75) is 13.8 Å². The van der Waals surface area contributed by atoms with E-state index in [0.29, 0.717) is 13.2 Å². The highest BCUT2D eigenvalue weighted by atomic mass is 35.5. The summed E-state index contributed by atoms with van der Waals surface area (Å²) in [6, 6.07) is 22.2. The first kappa shape index (κ1) is 19.8. The zero-order valence-corrected chi connectivity index (χ0v) is 17.0. The fourth-order valence-corrected chi connectivity index (χ4v) is 3.24. The highest BCUT2D eigenvalue weighted by Gasteiger charge is 2.22. The molecule has 0 spiro atoms. The second-order valence-corrected chi connectivity index (χ2v) is 7.38. The van der Waals surface area contributed by atoms with Crippen LogP contribution in [0.15, 0.2) is 66.7 Å². The topological polar surface area (TPSA) is 21.3 Å². The van der Waals surface area contributed by atoms with E-state index >= 15 is 0 Å². The highest BCUT2D eigenvalue weighted by Crippen LogP contribution is 2.15. The summed E-state index contributed by atoms with van der Waals surface area (Å²) in [7, 11) is 0. The molecule has 0 fully saturated rings. The molecular weight excluding hydrogens is 376 g/mol. The van der Waals surface area contributed by atoms with Crippen LogP contribution in [0.4, 0.5) is 5.69 Å². The summed E-state index contributed by atoms with van der Waals surface area (Å²) in [5, 5.41) is 4.84. The number of para-hydroxylation sites is 1. The molecule has 3 aromatic carbocycles. The van der Waals surface area contributed by atoms with E-state index in [9.17, 15) is 0 Å². The predicted octanol–water partition coefficient (Wildman–Crippen LogP) is 4.84. The largest absolute Gasteiger partial charge is 0.425 e. The Hall–Kier alpha value is -1.94. The predicted molar refractivity (Wildman–Crippen MR) is 118 cm³/mol. The molecule has 0 aromatic heterocycles. The zero-order valence-electron chi connectivity index (χ0n) is 15.5. The van der Waals surface area contributed by atoms with Crippen LogP contribution in [0, 0.1) is 13.8 Å². The molecule has 0 aliphatic carbocycles. The van der Waals surface area contributed by atoms with Crippen molar-refractivity contribution < 1.29 is 4.65 Å². The van der Waals surface area contributed by atoms with Crippen LogP contribution in [0.2, 0.25) is 10.0 Å². The highest BCUT2D eigenvalue weighted by molar-refractivity contribution is 6.80. The molecule has 0 saturated heterocycles. The van der Waals surface area contributed by atoms with Gasteiger partial charge in [-0.15, -0.1) is 0 Å². The molecule has 27 heavy (non-hydrogen) atoms. The summed E-state index contributed by atoms with van der Waals surface area (Å²) in [6.07, 6.45) is 0. The lowest BCUT2D eigenvalue weighted by Crippen LogP contribution is -2.46. The molecule has 2 nitrogen and oxygen atoms in total. The minimum atomic E-state index is -0.223. The van der Waals surface area contributed by atoms with E-state index in [1.165, 1.54) is 0 Å². The fraction of sp³-hybridized carbons (Fsp3) is 0.182. The van der Waals surface area contributed by atoms with Crippen molar-refractivity contribution in [1.29, 1.82) is 0 Å². The molecule has 0 aliphatic rings. The van der Waals surface area contributed by atoms with E-state index in [2.05, 4.69) is 17.4 Å². The summed E-state index contributed by atoms with van der Waals surface area (Å²) >= 11 is 12.7. The number of anilines is 1. The Morgan fingerprint density at radius 1 is 0.815 bits per heavy atom. The average Bonchev–Trinajstić information content (AvgIpc) is 2.67. The lowest BCUT2D eigenvalue weighted by Gasteiger charge is -2.17. The third-order valence-electron chi connectivity index (χ3n) is 4.49. The molecule has 1 N–H and O–H groups in total. The van der Waals surface area contributed by atoms with Crippen LogP contribution in [0.5, 0.6) is 0 Å². The lowest BCUT2D eigenvalue weighted by atomic mass is 9.55. The van der Waals surface area contributed by atoms with E-state index in [-0.39, 0.29) is 6.92 Å². The molecule has 0 amide bonds. The standard InChI is InChI=1S/C22H22BCl2NO/c1-16-8-10-18(14-21(16)24)23(19-11-9-17(2)22(25)15-19)27-13-12-26-20-6-4-3-5-7-20/h3-11,14-15,26H,12-13H2,1-2H3. The van der Waals surface area contributed by atoms with Gasteiger partial charge in [0.15, 0.2) is 0 Å². The van der Waals surface area contributed by atoms with Gasteiger partial charge in [0.05, 0.1) is 0 Å². The number of aryl methyl sites for hydroxylation is 2. The fourth-order valence-electron chi connectivity index (χ4n) is 2.86. The summed E-state index contributed by atoms with van der Waals surface area (Å²) in [4.78, 5) is 0. The monoisotopic (exact) mass is 397 g/mol. The summed E-state index contributed by atoms with van der Waals surface area (Å²) in [5.41, 5.74) is 5.21. The molecular formula is C22H22BCl2NO. The molecule has 0 aliphatic heterocycles. The van der Waals surface area contributed by atoms with Crippen LogP contribution < -0.4 is 16.2 Å². The van der Waals surface area contributed by atoms with Crippen LogP contribution in [0.25, 0.3) is 0 Å². The Labute approximate surface area is 171 Å². The van der Waals surface area contributed by atoms with Gasteiger partial charge in [-0.2, -0.15) is 0 Å². The van der Waals surface area contributed by atoms with Crippen molar-refractivity contribution in [1.82, 2.24) is 0 Å². The summed E-state index contributed by atoms with van der Waals surface area (Å²) in [5.74, 6) is 0. The Bertz CT molecular complexity index is 851. The van der Waals surface area contributed by atoms with Crippen LogP contribution in [-0.4, -0.2) is 20.1 Å². The maximum absolute atomic E-state index is 6.35. The summed E-state index contributed by atoms with van der Waals surface area (Å²) < 4.78 is 6.25. The Morgan fingerprint density at radius 3 is 1.89 bits per heavy atom. The third-order valence-corrected chi connectivity index (χ3v) is 5.30. The Morgan fingerprint density at radius 2 is 1.37 bits per heavy atom. The van der Waals surface area contributed by atoms with E-state index in [0.717, 1.165) is 37.8 Å². The van der Waals surface area contributed by atoms with Gasteiger partial charge in [-0.05, 0) is 60.2 Å². The van der Waals surface area contributed by atoms with Crippen LogP contribution >= 0.6 is 23.2 Å². The SMILES string of the molecule is Cc1ccc(B(OCCNc2ccccc2)c2ccc(C)c(Cl)c2)cc1Cl. The molecule has 3 aromatic rings. The number of rotatable bonds is 7. The van der Waals surface area contributed by atoms with Crippen LogP contribution in [0.3, 0.4) is 0 Å². The number of benzene rings is 3. The van der Waals surface area contributed by atoms with Gasteiger partial charge >= 0.3 is 6.92 Å².